The Morgan fingerprint density at radius 1 is 1.00 bits per heavy atom. The Labute approximate surface area is 227 Å². The van der Waals surface area contributed by atoms with Crippen LogP contribution in [0.1, 0.15) is 22.3 Å². The summed E-state index contributed by atoms with van der Waals surface area (Å²) in [4.78, 5) is 13.2. The lowest BCUT2D eigenvalue weighted by Crippen LogP contribution is -2.43. The molecular formula is C29H24FIN2O4. The van der Waals surface area contributed by atoms with E-state index in [0.717, 1.165) is 0 Å². The van der Waals surface area contributed by atoms with Crippen LogP contribution in [0.3, 0.4) is 0 Å². The Kier molecular flexibility index (Phi) is 8.52. The molecule has 0 bridgehead atoms. The first-order chi connectivity index (χ1) is 17.9. The summed E-state index contributed by atoms with van der Waals surface area (Å²) in [5.74, 6) is -0.147. The van der Waals surface area contributed by atoms with Crippen LogP contribution >= 0.6 is 22.6 Å². The first kappa shape index (κ1) is 26.3. The molecule has 2 N–H and O–H groups in total. The SMILES string of the molecule is COc1cc(/C=N\NC(=O)C(O)(c2ccccc2)c2ccccc2)cc(I)c1OCc1ccccc1F. The molecule has 4 aromatic carbocycles. The molecule has 0 aromatic heterocycles. The van der Waals surface area contributed by atoms with E-state index in [2.05, 4.69) is 33.1 Å². The standard InChI is InChI=1S/C29H24FIN2O4/c1-36-26-17-20(16-25(31)27(26)37-19-21-10-8-9-15-24(21)30)18-32-33-28(34)29(35,22-11-4-2-5-12-22)23-13-6-3-7-14-23/h2-18,35H,19H2,1H3,(H,33,34)/b32-18-. The average Bonchev–Trinajstić information content (AvgIpc) is 2.93. The van der Waals surface area contributed by atoms with Crippen molar-refractivity contribution in [2.45, 2.75) is 12.2 Å². The van der Waals surface area contributed by atoms with Gasteiger partial charge in [-0.1, -0.05) is 78.9 Å². The minimum atomic E-state index is -1.93. The predicted molar refractivity (Wildman–Crippen MR) is 148 cm³/mol. The second-order valence-corrected chi connectivity index (χ2v) is 9.22. The van der Waals surface area contributed by atoms with Crippen LogP contribution in [0.25, 0.3) is 0 Å². The van der Waals surface area contributed by atoms with Crippen molar-refractivity contribution in [3.63, 3.8) is 0 Å². The van der Waals surface area contributed by atoms with Gasteiger partial charge in [0.15, 0.2) is 17.1 Å². The lowest BCUT2D eigenvalue weighted by molar-refractivity contribution is -0.136. The topological polar surface area (TPSA) is 80.2 Å². The Morgan fingerprint density at radius 2 is 1.59 bits per heavy atom. The molecule has 8 heteroatoms. The Morgan fingerprint density at radius 3 is 2.19 bits per heavy atom. The van der Waals surface area contributed by atoms with Gasteiger partial charge in [-0.15, -0.1) is 0 Å². The zero-order chi connectivity index (χ0) is 26.3. The molecule has 6 nitrogen and oxygen atoms in total. The van der Waals surface area contributed by atoms with E-state index in [1.807, 2.05) is 12.1 Å². The number of methoxy groups -OCH3 is 1. The summed E-state index contributed by atoms with van der Waals surface area (Å²) in [7, 11) is 1.50. The van der Waals surface area contributed by atoms with Gasteiger partial charge in [-0.3, -0.25) is 4.79 Å². The highest BCUT2D eigenvalue weighted by atomic mass is 127. The van der Waals surface area contributed by atoms with Gasteiger partial charge in [0.2, 0.25) is 0 Å². The molecule has 0 spiro atoms. The number of hydrogen-bond donors (Lipinski definition) is 2. The van der Waals surface area contributed by atoms with Crippen molar-refractivity contribution in [3.8, 4) is 11.5 Å². The number of hydrazone groups is 1. The number of carbonyl (C=O) groups excluding carboxylic acids is 1. The van der Waals surface area contributed by atoms with Gasteiger partial charge in [0.25, 0.3) is 5.91 Å². The van der Waals surface area contributed by atoms with Crippen molar-refractivity contribution in [2.24, 2.45) is 5.10 Å². The van der Waals surface area contributed by atoms with Gasteiger partial charge >= 0.3 is 0 Å². The Bertz CT molecular complexity index is 1360. The zero-order valence-corrected chi connectivity index (χ0v) is 22.1. The van der Waals surface area contributed by atoms with Crippen LogP contribution in [0.4, 0.5) is 4.39 Å². The van der Waals surface area contributed by atoms with Gasteiger partial charge < -0.3 is 14.6 Å². The second kappa shape index (κ2) is 12.0. The maximum absolute atomic E-state index is 14.0. The average molecular weight is 610 g/mol. The molecule has 188 valence electrons. The van der Waals surface area contributed by atoms with Crippen LogP contribution in [0.2, 0.25) is 0 Å². The van der Waals surface area contributed by atoms with Crippen molar-refractivity contribution < 1.29 is 23.8 Å². The third-order valence-corrected chi connectivity index (χ3v) is 6.47. The van der Waals surface area contributed by atoms with Crippen molar-refractivity contribution >= 4 is 34.7 Å². The van der Waals surface area contributed by atoms with E-state index < -0.39 is 11.5 Å². The molecule has 4 aromatic rings. The van der Waals surface area contributed by atoms with E-state index in [1.54, 1.807) is 78.9 Å². The summed E-state index contributed by atoms with van der Waals surface area (Å²) in [5, 5.41) is 15.6. The number of aliphatic hydroxyl groups is 1. The number of benzene rings is 4. The zero-order valence-electron chi connectivity index (χ0n) is 19.9. The molecule has 4 rings (SSSR count). The molecule has 1 amide bonds. The molecule has 0 unspecified atom stereocenters. The number of hydrogen-bond acceptors (Lipinski definition) is 5. The number of rotatable bonds is 9. The first-order valence-corrected chi connectivity index (χ1v) is 12.4. The monoisotopic (exact) mass is 610 g/mol. The maximum atomic E-state index is 14.0. The van der Waals surface area contributed by atoms with Gasteiger partial charge in [0.05, 0.1) is 16.9 Å². The van der Waals surface area contributed by atoms with Gasteiger partial charge in [0, 0.05) is 5.56 Å². The Hall–Kier alpha value is -3.76. The summed E-state index contributed by atoms with van der Waals surface area (Å²) in [5.41, 5.74) is 2.42. The van der Waals surface area contributed by atoms with Gasteiger partial charge in [-0.05, 0) is 57.5 Å². The lowest BCUT2D eigenvalue weighted by Gasteiger charge is -2.27. The van der Waals surface area contributed by atoms with Gasteiger partial charge in [-0.25, -0.2) is 9.82 Å². The fourth-order valence-electron chi connectivity index (χ4n) is 3.75. The predicted octanol–water partition coefficient (Wildman–Crippen LogP) is 5.40. The number of carbonyl (C=O) groups is 1. The van der Waals surface area contributed by atoms with Crippen LogP contribution in [0.5, 0.6) is 11.5 Å². The highest BCUT2D eigenvalue weighted by Gasteiger charge is 2.39. The van der Waals surface area contributed by atoms with E-state index >= 15 is 0 Å². The largest absolute Gasteiger partial charge is 0.493 e. The van der Waals surface area contributed by atoms with Crippen LogP contribution in [-0.4, -0.2) is 24.3 Å². The Balaban J connectivity index is 1.53. The molecular weight excluding hydrogens is 586 g/mol. The summed E-state index contributed by atoms with van der Waals surface area (Å²) in [6, 6.07) is 27.3. The fourth-order valence-corrected chi connectivity index (χ4v) is 4.53. The molecule has 0 heterocycles. The molecule has 37 heavy (non-hydrogen) atoms. The van der Waals surface area contributed by atoms with E-state index in [0.29, 0.717) is 37.3 Å². The third-order valence-electron chi connectivity index (χ3n) is 5.67. The van der Waals surface area contributed by atoms with E-state index in [-0.39, 0.29) is 12.4 Å². The van der Waals surface area contributed by atoms with Crippen LogP contribution in [0, 0.1) is 9.39 Å². The van der Waals surface area contributed by atoms with Gasteiger partial charge in [0.1, 0.15) is 12.4 Å². The molecule has 0 saturated carbocycles. The van der Waals surface area contributed by atoms with E-state index in [4.69, 9.17) is 9.47 Å². The van der Waals surface area contributed by atoms with Crippen LogP contribution in [-0.2, 0) is 17.0 Å². The van der Waals surface area contributed by atoms with Crippen LogP contribution in [0.15, 0.2) is 102 Å². The first-order valence-electron chi connectivity index (χ1n) is 11.3. The highest BCUT2D eigenvalue weighted by molar-refractivity contribution is 14.1. The summed E-state index contributed by atoms with van der Waals surface area (Å²) in [6.45, 7) is 0.0417. The third kappa shape index (κ3) is 5.98. The molecule has 0 atom stereocenters. The summed E-state index contributed by atoms with van der Waals surface area (Å²) >= 11 is 2.09. The van der Waals surface area contributed by atoms with E-state index in [9.17, 15) is 14.3 Å². The number of nitrogens with zero attached hydrogens (tertiary/aromatic N) is 1. The number of nitrogens with one attached hydrogen (secondary N) is 1. The normalized spacial score (nSPS) is 11.4. The number of amides is 1. The quantitative estimate of drug-likeness (QED) is 0.151. The van der Waals surface area contributed by atoms with Gasteiger partial charge in [-0.2, -0.15) is 5.10 Å². The second-order valence-electron chi connectivity index (χ2n) is 8.06. The van der Waals surface area contributed by atoms with Crippen molar-refractivity contribution in [1.82, 2.24) is 5.43 Å². The maximum Gasteiger partial charge on any atom is 0.281 e. The smallest absolute Gasteiger partial charge is 0.281 e. The summed E-state index contributed by atoms with van der Waals surface area (Å²) < 4.78 is 26.0. The highest BCUT2D eigenvalue weighted by Crippen LogP contribution is 2.34. The minimum Gasteiger partial charge on any atom is -0.493 e. The molecule has 0 aliphatic rings. The number of halogens is 2. The summed E-state index contributed by atoms with van der Waals surface area (Å²) in [6.07, 6.45) is 1.44. The fraction of sp³-hybridized carbons (Fsp3) is 0.103. The van der Waals surface area contributed by atoms with Crippen molar-refractivity contribution in [2.75, 3.05) is 7.11 Å². The van der Waals surface area contributed by atoms with Crippen LogP contribution < -0.4 is 14.9 Å². The number of ether oxygens (including phenoxy) is 2. The lowest BCUT2D eigenvalue weighted by atomic mass is 9.85. The molecule has 0 aliphatic heterocycles. The molecule has 0 aliphatic carbocycles. The molecule has 0 saturated heterocycles. The van der Waals surface area contributed by atoms with E-state index in [1.165, 1.54) is 19.4 Å². The minimum absolute atomic E-state index is 0.0417. The van der Waals surface area contributed by atoms with Crippen molar-refractivity contribution in [1.29, 1.82) is 0 Å². The molecule has 0 radical (unpaired) electrons. The van der Waals surface area contributed by atoms with Crippen molar-refractivity contribution in [3.05, 3.63) is 129 Å². The molecule has 0 fully saturated rings.